The summed E-state index contributed by atoms with van der Waals surface area (Å²) in [7, 11) is 1.44. The van der Waals surface area contributed by atoms with E-state index >= 15 is 0 Å². The molecular formula is C13H15N3O4. The Hall–Kier alpha value is -2.83. The Morgan fingerprint density at radius 1 is 1.40 bits per heavy atom. The lowest BCUT2D eigenvalue weighted by atomic mass is 10.2. The summed E-state index contributed by atoms with van der Waals surface area (Å²) >= 11 is 0. The van der Waals surface area contributed by atoms with Crippen molar-refractivity contribution in [1.82, 2.24) is 4.90 Å². The molecule has 0 fully saturated rings. The third kappa shape index (κ3) is 5.21. The summed E-state index contributed by atoms with van der Waals surface area (Å²) in [6.45, 7) is -0.190. The Labute approximate surface area is 115 Å². The number of hydrogen-bond acceptors (Lipinski definition) is 3. The van der Waals surface area contributed by atoms with Gasteiger partial charge in [0.25, 0.3) is 0 Å². The van der Waals surface area contributed by atoms with E-state index in [1.165, 1.54) is 13.1 Å². The zero-order valence-electron chi connectivity index (χ0n) is 10.9. The fraction of sp³-hybridized carbons (Fsp3) is 0.154. The van der Waals surface area contributed by atoms with Crippen LogP contribution in [0.3, 0.4) is 0 Å². The quantitative estimate of drug-likeness (QED) is 0.688. The van der Waals surface area contributed by atoms with Crippen LogP contribution in [0, 0.1) is 0 Å². The second kappa shape index (κ2) is 6.93. The lowest BCUT2D eigenvalue weighted by molar-refractivity contribution is -0.131. The van der Waals surface area contributed by atoms with Gasteiger partial charge in [0.15, 0.2) is 0 Å². The van der Waals surface area contributed by atoms with E-state index < -0.39 is 17.9 Å². The van der Waals surface area contributed by atoms with Gasteiger partial charge in [-0.2, -0.15) is 0 Å². The van der Waals surface area contributed by atoms with Crippen LogP contribution in [0.5, 0.6) is 0 Å². The summed E-state index contributed by atoms with van der Waals surface area (Å²) in [5, 5.41) is 11.1. The van der Waals surface area contributed by atoms with Gasteiger partial charge in [0, 0.05) is 18.8 Å². The molecule has 0 aliphatic carbocycles. The molecule has 0 atom stereocenters. The molecule has 7 heteroatoms. The largest absolute Gasteiger partial charge is 0.478 e. The molecule has 0 aliphatic rings. The van der Waals surface area contributed by atoms with Crippen LogP contribution in [0.15, 0.2) is 30.3 Å². The monoisotopic (exact) mass is 277 g/mol. The summed E-state index contributed by atoms with van der Waals surface area (Å²) < 4.78 is 0. The van der Waals surface area contributed by atoms with Gasteiger partial charge in [-0.15, -0.1) is 0 Å². The number of carboxylic acid groups (broad SMARTS) is 1. The van der Waals surface area contributed by atoms with Crippen molar-refractivity contribution < 1.29 is 19.5 Å². The van der Waals surface area contributed by atoms with Crippen molar-refractivity contribution in [3.63, 3.8) is 0 Å². The number of carboxylic acids is 1. The van der Waals surface area contributed by atoms with Crippen LogP contribution in [-0.2, 0) is 9.59 Å². The van der Waals surface area contributed by atoms with Gasteiger partial charge in [-0.25, -0.2) is 9.59 Å². The molecule has 7 nitrogen and oxygen atoms in total. The van der Waals surface area contributed by atoms with Crippen LogP contribution in [0.25, 0.3) is 6.08 Å². The normalized spacial score (nSPS) is 10.2. The predicted molar refractivity (Wildman–Crippen MR) is 74.0 cm³/mol. The minimum absolute atomic E-state index is 0.190. The molecule has 1 aromatic carbocycles. The maximum atomic E-state index is 11.7. The number of carbonyl (C=O) groups is 3. The standard InChI is InChI=1S/C13H15N3O4/c1-16(8-11(14)17)13(20)15-10-4-2-3-9(7-10)5-6-12(18)19/h2-7H,8H2,1H3,(H2,14,17)(H,15,20)(H,18,19)/b6-5+. The summed E-state index contributed by atoms with van der Waals surface area (Å²) in [4.78, 5) is 34.0. The van der Waals surface area contributed by atoms with Crippen molar-refractivity contribution in [3.05, 3.63) is 35.9 Å². The smallest absolute Gasteiger partial charge is 0.328 e. The van der Waals surface area contributed by atoms with Crippen molar-refractivity contribution in [1.29, 1.82) is 0 Å². The van der Waals surface area contributed by atoms with Crippen LogP contribution >= 0.6 is 0 Å². The highest BCUT2D eigenvalue weighted by atomic mass is 16.4. The van der Waals surface area contributed by atoms with Crippen LogP contribution in [0.4, 0.5) is 10.5 Å². The molecule has 0 aliphatic heterocycles. The molecule has 0 unspecified atom stereocenters. The van der Waals surface area contributed by atoms with E-state index in [0.29, 0.717) is 11.3 Å². The highest BCUT2D eigenvalue weighted by molar-refractivity contribution is 5.92. The second-order valence-electron chi connectivity index (χ2n) is 4.05. The minimum Gasteiger partial charge on any atom is -0.478 e. The number of nitrogens with one attached hydrogen (secondary N) is 1. The van der Waals surface area contributed by atoms with Crippen molar-refractivity contribution in [2.45, 2.75) is 0 Å². The number of urea groups is 1. The number of aliphatic carboxylic acids is 1. The van der Waals surface area contributed by atoms with E-state index in [2.05, 4.69) is 5.32 Å². The lowest BCUT2D eigenvalue weighted by Crippen LogP contribution is -2.38. The number of carbonyl (C=O) groups excluding carboxylic acids is 2. The first-order valence-corrected chi connectivity index (χ1v) is 5.70. The van der Waals surface area contributed by atoms with E-state index in [0.717, 1.165) is 11.0 Å². The third-order valence-electron chi connectivity index (χ3n) is 2.30. The Kier molecular flexibility index (Phi) is 5.28. The average molecular weight is 277 g/mol. The van der Waals surface area contributed by atoms with Gasteiger partial charge >= 0.3 is 12.0 Å². The molecule has 3 amide bonds. The fourth-order valence-corrected chi connectivity index (χ4v) is 1.41. The molecule has 0 bridgehead atoms. The number of hydrogen-bond donors (Lipinski definition) is 3. The molecule has 106 valence electrons. The van der Waals surface area contributed by atoms with E-state index in [1.54, 1.807) is 24.3 Å². The van der Waals surface area contributed by atoms with Crippen molar-refractivity contribution in [2.24, 2.45) is 5.73 Å². The van der Waals surface area contributed by atoms with E-state index in [4.69, 9.17) is 10.8 Å². The number of anilines is 1. The Morgan fingerprint density at radius 3 is 2.70 bits per heavy atom. The third-order valence-corrected chi connectivity index (χ3v) is 2.30. The highest BCUT2D eigenvalue weighted by Gasteiger charge is 2.10. The van der Waals surface area contributed by atoms with Crippen molar-refractivity contribution in [2.75, 3.05) is 18.9 Å². The van der Waals surface area contributed by atoms with Crippen molar-refractivity contribution >= 4 is 29.7 Å². The number of amides is 3. The minimum atomic E-state index is -1.05. The first kappa shape index (κ1) is 15.2. The zero-order chi connectivity index (χ0) is 15.1. The van der Waals surface area contributed by atoms with Gasteiger partial charge in [0.05, 0.1) is 0 Å². The molecule has 1 rings (SSSR count). The molecule has 0 radical (unpaired) electrons. The average Bonchev–Trinajstić information content (AvgIpc) is 2.36. The van der Waals surface area contributed by atoms with Gasteiger partial charge in [-0.3, -0.25) is 4.79 Å². The van der Waals surface area contributed by atoms with Crippen molar-refractivity contribution in [3.8, 4) is 0 Å². The van der Waals surface area contributed by atoms with Crippen LogP contribution < -0.4 is 11.1 Å². The maximum absolute atomic E-state index is 11.7. The summed E-state index contributed by atoms with van der Waals surface area (Å²) in [5.41, 5.74) is 6.10. The Bertz CT molecular complexity index is 554. The lowest BCUT2D eigenvalue weighted by Gasteiger charge is -2.16. The maximum Gasteiger partial charge on any atom is 0.328 e. The van der Waals surface area contributed by atoms with Gasteiger partial charge in [0.1, 0.15) is 6.54 Å². The molecule has 0 aromatic heterocycles. The van der Waals surface area contributed by atoms with Gasteiger partial charge in [0.2, 0.25) is 5.91 Å². The van der Waals surface area contributed by atoms with E-state index in [9.17, 15) is 14.4 Å². The highest BCUT2D eigenvalue weighted by Crippen LogP contribution is 2.12. The number of nitrogens with zero attached hydrogens (tertiary/aromatic N) is 1. The molecule has 0 saturated heterocycles. The molecule has 20 heavy (non-hydrogen) atoms. The molecule has 0 saturated carbocycles. The predicted octanol–water partition coefficient (Wildman–Crippen LogP) is 0.733. The fourth-order valence-electron chi connectivity index (χ4n) is 1.41. The molecule has 0 spiro atoms. The van der Waals surface area contributed by atoms with E-state index in [-0.39, 0.29) is 6.54 Å². The van der Waals surface area contributed by atoms with Gasteiger partial charge < -0.3 is 21.1 Å². The summed E-state index contributed by atoms with van der Waals surface area (Å²) in [6, 6.07) is 6.14. The van der Waals surface area contributed by atoms with Crippen LogP contribution in [-0.4, -0.2) is 41.5 Å². The number of nitrogens with two attached hydrogens (primary N) is 1. The first-order chi connectivity index (χ1) is 9.38. The first-order valence-electron chi connectivity index (χ1n) is 5.70. The van der Waals surface area contributed by atoms with Gasteiger partial charge in [-0.05, 0) is 23.8 Å². The zero-order valence-corrected chi connectivity index (χ0v) is 10.9. The summed E-state index contributed by atoms with van der Waals surface area (Å²) in [6.07, 6.45) is 2.41. The Balaban J connectivity index is 2.73. The number of rotatable bonds is 5. The molecule has 1 aromatic rings. The van der Waals surface area contributed by atoms with Gasteiger partial charge in [-0.1, -0.05) is 12.1 Å². The number of likely N-dealkylation sites (N-methyl/N-ethyl adjacent to an activating group) is 1. The summed E-state index contributed by atoms with van der Waals surface area (Å²) in [5.74, 6) is -1.67. The number of primary amides is 1. The Morgan fingerprint density at radius 2 is 2.10 bits per heavy atom. The SMILES string of the molecule is CN(CC(N)=O)C(=O)Nc1cccc(/C=C/C(=O)O)c1. The van der Waals surface area contributed by atoms with Crippen LogP contribution in [0.1, 0.15) is 5.56 Å². The molecular weight excluding hydrogens is 262 g/mol. The van der Waals surface area contributed by atoms with Crippen LogP contribution in [0.2, 0.25) is 0 Å². The topological polar surface area (TPSA) is 113 Å². The number of benzene rings is 1. The molecule has 4 N–H and O–H groups in total. The molecule has 0 heterocycles. The second-order valence-corrected chi connectivity index (χ2v) is 4.05. The van der Waals surface area contributed by atoms with E-state index in [1.807, 2.05) is 0 Å².